The highest BCUT2D eigenvalue weighted by Crippen LogP contribution is 1.98. The van der Waals surface area contributed by atoms with Crippen molar-refractivity contribution in [3.05, 3.63) is 32.6 Å². The van der Waals surface area contributed by atoms with Crippen molar-refractivity contribution < 1.29 is 19.1 Å². The van der Waals surface area contributed by atoms with Crippen LogP contribution in [0, 0.1) is 0 Å². The summed E-state index contributed by atoms with van der Waals surface area (Å²) in [4.78, 5) is 45.1. The number of carbonyl (C=O) groups excluding carboxylic acids is 2. The van der Waals surface area contributed by atoms with Crippen LogP contribution in [0.25, 0.3) is 0 Å². The minimum absolute atomic E-state index is 0.0134. The minimum atomic E-state index is -0.563. The van der Waals surface area contributed by atoms with Gasteiger partial charge in [-0.2, -0.15) is 0 Å². The molecule has 0 fully saturated rings. The third-order valence-electron chi connectivity index (χ3n) is 2.53. The van der Waals surface area contributed by atoms with E-state index in [0.29, 0.717) is 0 Å². The third kappa shape index (κ3) is 4.08. The normalized spacial score (nSPS) is 10.2. The highest BCUT2D eigenvalue weighted by molar-refractivity contribution is 5.66. The summed E-state index contributed by atoms with van der Waals surface area (Å²) in [5, 5.41) is 0. The predicted molar refractivity (Wildman–Crippen MR) is 68.0 cm³/mol. The van der Waals surface area contributed by atoms with Gasteiger partial charge in [0.15, 0.2) is 0 Å². The van der Waals surface area contributed by atoms with E-state index in [4.69, 9.17) is 9.47 Å². The van der Waals surface area contributed by atoms with Gasteiger partial charge in [-0.25, -0.2) is 4.79 Å². The molecular formula is C12H16N2O6. The van der Waals surface area contributed by atoms with Crippen LogP contribution in [0.15, 0.2) is 15.7 Å². The average molecular weight is 284 g/mol. The van der Waals surface area contributed by atoms with Crippen LogP contribution in [-0.4, -0.2) is 27.7 Å². The van der Waals surface area contributed by atoms with Crippen molar-refractivity contribution in [3.8, 4) is 0 Å². The van der Waals surface area contributed by atoms with E-state index in [9.17, 15) is 19.2 Å². The van der Waals surface area contributed by atoms with Crippen LogP contribution in [0.5, 0.6) is 0 Å². The Kier molecular flexibility index (Phi) is 5.24. The summed E-state index contributed by atoms with van der Waals surface area (Å²) in [7, 11) is 1.34. The van der Waals surface area contributed by atoms with Crippen LogP contribution >= 0.6 is 0 Å². The van der Waals surface area contributed by atoms with Gasteiger partial charge < -0.3 is 9.47 Å². The molecule has 0 saturated carbocycles. The lowest BCUT2D eigenvalue weighted by atomic mass is 10.4. The molecule has 0 N–H and O–H groups in total. The molecule has 1 aromatic rings. The van der Waals surface area contributed by atoms with Gasteiger partial charge in [0.2, 0.25) is 0 Å². The van der Waals surface area contributed by atoms with E-state index in [-0.39, 0.29) is 25.5 Å². The van der Waals surface area contributed by atoms with Gasteiger partial charge in [-0.1, -0.05) is 0 Å². The fraction of sp³-hybridized carbons (Fsp3) is 0.500. The maximum atomic E-state index is 12.0. The first-order chi connectivity index (χ1) is 9.32. The zero-order chi connectivity index (χ0) is 15.3. The monoisotopic (exact) mass is 284 g/mol. The van der Waals surface area contributed by atoms with E-state index in [1.165, 1.54) is 31.5 Å². The lowest BCUT2D eigenvalue weighted by molar-refractivity contribution is -0.142. The van der Waals surface area contributed by atoms with Gasteiger partial charge in [-0.15, -0.1) is 0 Å². The first-order valence-electron chi connectivity index (χ1n) is 5.89. The molecule has 1 aromatic heterocycles. The standard InChI is InChI=1S/C12H16N2O6/c1-8(15)19-5-4-14-10(7-20-9(2)16)6-11(17)13(3)12(14)18/h6H,4-5,7H2,1-3H3. The Hall–Kier alpha value is -2.38. The Balaban J connectivity index is 3.06. The number of esters is 2. The van der Waals surface area contributed by atoms with Crippen molar-refractivity contribution in [1.29, 1.82) is 0 Å². The van der Waals surface area contributed by atoms with Gasteiger partial charge in [-0.05, 0) is 0 Å². The molecule has 8 heteroatoms. The van der Waals surface area contributed by atoms with Gasteiger partial charge in [-0.3, -0.25) is 23.5 Å². The quantitative estimate of drug-likeness (QED) is 0.655. The molecule has 0 aliphatic heterocycles. The molecule has 20 heavy (non-hydrogen) atoms. The Labute approximate surface area is 114 Å². The number of hydrogen-bond donors (Lipinski definition) is 0. The second-order valence-electron chi connectivity index (χ2n) is 4.09. The van der Waals surface area contributed by atoms with Gasteiger partial charge in [0, 0.05) is 27.0 Å². The van der Waals surface area contributed by atoms with Crippen LogP contribution in [0.1, 0.15) is 19.5 Å². The van der Waals surface area contributed by atoms with E-state index in [2.05, 4.69) is 0 Å². The summed E-state index contributed by atoms with van der Waals surface area (Å²) in [6.07, 6.45) is 0. The largest absolute Gasteiger partial charge is 0.464 e. The lowest BCUT2D eigenvalue weighted by Crippen LogP contribution is -2.40. The smallest absolute Gasteiger partial charge is 0.331 e. The van der Waals surface area contributed by atoms with Gasteiger partial charge in [0.1, 0.15) is 13.2 Å². The first-order valence-corrected chi connectivity index (χ1v) is 5.89. The topological polar surface area (TPSA) is 96.6 Å². The number of ether oxygens (including phenoxy) is 2. The Morgan fingerprint density at radius 3 is 2.30 bits per heavy atom. The number of aromatic nitrogens is 2. The highest BCUT2D eigenvalue weighted by atomic mass is 16.5. The molecule has 0 bridgehead atoms. The summed E-state index contributed by atoms with van der Waals surface area (Å²) in [5.41, 5.74) is -0.812. The Morgan fingerprint density at radius 1 is 1.15 bits per heavy atom. The summed E-state index contributed by atoms with van der Waals surface area (Å²) in [6.45, 7) is 2.34. The van der Waals surface area contributed by atoms with E-state index < -0.39 is 23.2 Å². The highest BCUT2D eigenvalue weighted by Gasteiger charge is 2.10. The van der Waals surface area contributed by atoms with Crippen molar-refractivity contribution in [2.45, 2.75) is 27.0 Å². The Morgan fingerprint density at radius 2 is 1.75 bits per heavy atom. The molecular weight excluding hydrogens is 268 g/mol. The molecule has 0 aliphatic carbocycles. The minimum Gasteiger partial charge on any atom is -0.464 e. The maximum Gasteiger partial charge on any atom is 0.331 e. The molecule has 0 aromatic carbocycles. The second-order valence-corrected chi connectivity index (χ2v) is 4.09. The molecule has 0 unspecified atom stereocenters. The molecule has 8 nitrogen and oxygen atoms in total. The Bertz CT molecular complexity index is 628. The molecule has 110 valence electrons. The summed E-state index contributed by atoms with van der Waals surface area (Å²) in [6, 6.07) is 1.21. The molecule has 0 amide bonds. The third-order valence-corrected chi connectivity index (χ3v) is 2.53. The van der Waals surface area contributed by atoms with E-state index in [1.54, 1.807) is 0 Å². The van der Waals surface area contributed by atoms with Crippen molar-refractivity contribution in [1.82, 2.24) is 9.13 Å². The predicted octanol–water partition coefficient (Wildman–Crippen LogP) is -0.827. The number of hydrogen-bond acceptors (Lipinski definition) is 6. The fourth-order valence-electron chi connectivity index (χ4n) is 1.53. The number of rotatable bonds is 5. The molecule has 1 heterocycles. The molecule has 0 spiro atoms. The van der Waals surface area contributed by atoms with Crippen LogP contribution in [-0.2, 0) is 39.3 Å². The summed E-state index contributed by atoms with van der Waals surface area (Å²) in [5.74, 6) is -0.992. The van der Waals surface area contributed by atoms with Gasteiger partial charge in [0.25, 0.3) is 5.56 Å². The van der Waals surface area contributed by atoms with E-state index in [1.807, 2.05) is 0 Å². The SMILES string of the molecule is CC(=O)OCCn1c(COC(C)=O)cc(=O)n(C)c1=O. The van der Waals surface area contributed by atoms with E-state index >= 15 is 0 Å². The summed E-state index contributed by atoms with van der Waals surface area (Å²) >= 11 is 0. The van der Waals surface area contributed by atoms with Crippen LogP contribution in [0.3, 0.4) is 0 Å². The first kappa shape index (κ1) is 15.7. The van der Waals surface area contributed by atoms with Crippen LogP contribution < -0.4 is 11.2 Å². The van der Waals surface area contributed by atoms with Crippen LogP contribution in [0.4, 0.5) is 0 Å². The van der Waals surface area contributed by atoms with Crippen molar-refractivity contribution in [3.63, 3.8) is 0 Å². The lowest BCUT2D eigenvalue weighted by Gasteiger charge is -2.13. The molecule has 0 radical (unpaired) electrons. The van der Waals surface area contributed by atoms with Crippen molar-refractivity contribution in [2.75, 3.05) is 6.61 Å². The van der Waals surface area contributed by atoms with Crippen LogP contribution in [0.2, 0.25) is 0 Å². The number of carbonyl (C=O) groups is 2. The second kappa shape index (κ2) is 6.69. The maximum absolute atomic E-state index is 12.0. The van der Waals surface area contributed by atoms with Crippen molar-refractivity contribution in [2.24, 2.45) is 7.05 Å². The number of nitrogens with zero attached hydrogens (tertiary/aromatic N) is 2. The van der Waals surface area contributed by atoms with Crippen molar-refractivity contribution >= 4 is 11.9 Å². The molecule has 1 rings (SSSR count). The average Bonchev–Trinajstić information content (AvgIpc) is 2.36. The van der Waals surface area contributed by atoms with Gasteiger partial charge in [0.05, 0.1) is 12.2 Å². The van der Waals surface area contributed by atoms with E-state index in [0.717, 1.165) is 4.57 Å². The molecule has 0 atom stereocenters. The molecule has 0 saturated heterocycles. The summed E-state index contributed by atoms with van der Waals surface area (Å²) < 4.78 is 11.7. The fourth-order valence-corrected chi connectivity index (χ4v) is 1.53. The zero-order valence-electron chi connectivity index (χ0n) is 11.5. The molecule has 0 aliphatic rings. The van der Waals surface area contributed by atoms with Gasteiger partial charge >= 0.3 is 17.6 Å². The zero-order valence-corrected chi connectivity index (χ0v) is 11.5.